The van der Waals surface area contributed by atoms with Gasteiger partial charge in [-0.1, -0.05) is 275 Å². The quantitative estimate of drug-likeness (QED) is 0.0261. The average molecular weight is 1020 g/mol. The molecule has 0 aromatic heterocycles. The first kappa shape index (κ1) is 70.4. The van der Waals surface area contributed by atoms with E-state index in [9.17, 15) is 14.4 Å². The number of unbranched alkanes of at least 4 members (excludes halogenated alkanes) is 40. The molecule has 0 bridgehead atoms. The van der Waals surface area contributed by atoms with Gasteiger partial charge >= 0.3 is 17.9 Å². The maximum Gasteiger partial charge on any atom is 0.306 e. The summed E-state index contributed by atoms with van der Waals surface area (Å²) in [5.41, 5.74) is 0. The Morgan fingerprint density at radius 3 is 0.808 bits per heavy atom. The van der Waals surface area contributed by atoms with Crippen molar-refractivity contribution in [1.82, 2.24) is 0 Å². The van der Waals surface area contributed by atoms with Gasteiger partial charge in [0.1, 0.15) is 13.2 Å². The van der Waals surface area contributed by atoms with Crippen LogP contribution in [0.5, 0.6) is 0 Å². The fourth-order valence-electron chi connectivity index (χ4n) is 9.39. The molecule has 0 N–H and O–H groups in total. The maximum atomic E-state index is 12.9. The molecule has 0 aliphatic rings. The zero-order valence-electron chi connectivity index (χ0n) is 48.9. The smallest absolute Gasteiger partial charge is 0.306 e. The molecule has 6 nitrogen and oxygen atoms in total. The lowest BCUT2D eigenvalue weighted by Gasteiger charge is -2.18. The van der Waals surface area contributed by atoms with E-state index in [1.54, 1.807) is 0 Å². The van der Waals surface area contributed by atoms with Crippen molar-refractivity contribution in [1.29, 1.82) is 0 Å². The molecule has 1 atom stereocenters. The number of allylic oxidation sites excluding steroid dienone is 8. The van der Waals surface area contributed by atoms with Gasteiger partial charge in [-0.15, -0.1) is 0 Å². The molecule has 0 aliphatic carbocycles. The van der Waals surface area contributed by atoms with E-state index in [0.717, 1.165) is 89.9 Å². The number of carbonyl (C=O) groups is 3. The van der Waals surface area contributed by atoms with Crippen LogP contribution in [0, 0.1) is 0 Å². The van der Waals surface area contributed by atoms with Crippen LogP contribution < -0.4 is 0 Å². The van der Waals surface area contributed by atoms with Crippen molar-refractivity contribution in [3.63, 3.8) is 0 Å². The van der Waals surface area contributed by atoms with Crippen LogP contribution in [-0.2, 0) is 28.6 Å². The maximum absolute atomic E-state index is 12.9. The summed E-state index contributed by atoms with van der Waals surface area (Å²) in [6.45, 7) is 6.61. The third kappa shape index (κ3) is 60.1. The first-order valence-corrected chi connectivity index (χ1v) is 32.1. The third-order valence-electron chi connectivity index (χ3n) is 14.3. The topological polar surface area (TPSA) is 78.9 Å². The molecule has 0 saturated heterocycles. The molecular weight excluding hydrogens is 901 g/mol. The normalized spacial score (nSPS) is 12.3. The van der Waals surface area contributed by atoms with Crippen molar-refractivity contribution < 1.29 is 28.6 Å². The van der Waals surface area contributed by atoms with E-state index >= 15 is 0 Å². The number of hydrogen-bond donors (Lipinski definition) is 0. The molecule has 0 heterocycles. The SMILES string of the molecule is CCCC/C=C\C/C=C\CCCCCCCC(=O)OC(COC(=O)CCCCCCC/C=C\CCCCCCC)COC(=O)CCCCCCCCCCCCCCCCC/C=C\CCCCCCCCCC. The third-order valence-corrected chi connectivity index (χ3v) is 14.3. The van der Waals surface area contributed by atoms with E-state index in [-0.39, 0.29) is 31.1 Å². The molecule has 0 saturated carbocycles. The molecule has 426 valence electrons. The highest BCUT2D eigenvalue weighted by Crippen LogP contribution is 2.17. The zero-order chi connectivity index (χ0) is 52.9. The van der Waals surface area contributed by atoms with Gasteiger partial charge in [0.2, 0.25) is 0 Å². The molecule has 0 radical (unpaired) electrons. The van der Waals surface area contributed by atoms with Crippen LogP contribution in [0.2, 0.25) is 0 Å². The van der Waals surface area contributed by atoms with E-state index < -0.39 is 6.10 Å². The largest absolute Gasteiger partial charge is 0.462 e. The Balaban J connectivity index is 4.21. The summed E-state index contributed by atoms with van der Waals surface area (Å²) in [6, 6.07) is 0. The summed E-state index contributed by atoms with van der Waals surface area (Å²) >= 11 is 0. The molecule has 1 unspecified atom stereocenters. The van der Waals surface area contributed by atoms with Crippen LogP contribution in [0.1, 0.15) is 342 Å². The van der Waals surface area contributed by atoms with Gasteiger partial charge in [-0.3, -0.25) is 14.4 Å². The van der Waals surface area contributed by atoms with Gasteiger partial charge in [0.15, 0.2) is 6.10 Å². The summed E-state index contributed by atoms with van der Waals surface area (Å²) in [5.74, 6) is -0.885. The molecule has 0 spiro atoms. The van der Waals surface area contributed by atoms with Gasteiger partial charge < -0.3 is 14.2 Å². The molecule has 6 heteroatoms. The van der Waals surface area contributed by atoms with Gasteiger partial charge in [-0.05, 0) is 96.3 Å². The predicted molar refractivity (Wildman–Crippen MR) is 316 cm³/mol. The lowest BCUT2D eigenvalue weighted by molar-refractivity contribution is -0.167. The Morgan fingerprint density at radius 2 is 0.507 bits per heavy atom. The Hall–Kier alpha value is -2.63. The minimum atomic E-state index is -0.783. The van der Waals surface area contributed by atoms with E-state index in [1.165, 1.54) is 212 Å². The second-order valence-electron chi connectivity index (χ2n) is 21.7. The van der Waals surface area contributed by atoms with Crippen molar-refractivity contribution in [3.05, 3.63) is 48.6 Å². The zero-order valence-corrected chi connectivity index (χ0v) is 48.9. The highest BCUT2D eigenvalue weighted by Gasteiger charge is 2.19. The lowest BCUT2D eigenvalue weighted by atomic mass is 10.0. The Kier molecular flexibility index (Phi) is 59.7. The lowest BCUT2D eigenvalue weighted by Crippen LogP contribution is -2.30. The minimum Gasteiger partial charge on any atom is -0.462 e. The Labute approximate surface area is 454 Å². The van der Waals surface area contributed by atoms with Crippen LogP contribution in [0.25, 0.3) is 0 Å². The van der Waals surface area contributed by atoms with Crippen LogP contribution in [0.3, 0.4) is 0 Å². The number of carbonyl (C=O) groups excluding carboxylic acids is 3. The molecule has 0 rings (SSSR count). The van der Waals surface area contributed by atoms with E-state index in [2.05, 4.69) is 69.4 Å². The van der Waals surface area contributed by atoms with Gasteiger partial charge in [0, 0.05) is 19.3 Å². The second-order valence-corrected chi connectivity index (χ2v) is 21.7. The predicted octanol–water partition coefficient (Wildman–Crippen LogP) is 21.8. The van der Waals surface area contributed by atoms with E-state index in [0.29, 0.717) is 19.3 Å². The van der Waals surface area contributed by atoms with Crippen LogP contribution in [0.15, 0.2) is 48.6 Å². The van der Waals surface area contributed by atoms with Crippen LogP contribution in [-0.4, -0.2) is 37.2 Å². The van der Waals surface area contributed by atoms with Crippen molar-refractivity contribution in [3.8, 4) is 0 Å². The van der Waals surface area contributed by atoms with Crippen molar-refractivity contribution >= 4 is 17.9 Å². The fourth-order valence-corrected chi connectivity index (χ4v) is 9.39. The van der Waals surface area contributed by atoms with Crippen LogP contribution >= 0.6 is 0 Å². The minimum absolute atomic E-state index is 0.0788. The molecule has 0 aliphatic heterocycles. The molecule has 0 aromatic rings. The van der Waals surface area contributed by atoms with Gasteiger partial charge in [-0.25, -0.2) is 0 Å². The molecule has 73 heavy (non-hydrogen) atoms. The molecule has 0 aromatic carbocycles. The average Bonchev–Trinajstić information content (AvgIpc) is 3.39. The van der Waals surface area contributed by atoms with Gasteiger partial charge in [0.25, 0.3) is 0 Å². The summed E-state index contributed by atoms with van der Waals surface area (Å²) in [7, 11) is 0. The van der Waals surface area contributed by atoms with Gasteiger partial charge in [-0.2, -0.15) is 0 Å². The van der Waals surface area contributed by atoms with Crippen molar-refractivity contribution in [2.24, 2.45) is 0 Å². The number of hydrogen-bond acceptors (Lipinski definition) is 6. The highest BCUT2D eigenvalue weighted by molar-refractivity contribution is 5.71. The van der Waals surface area contributed by atoms with Crippen molar-refractivity contribution in [2.45, 2.75) is 348 Å². The number of ether oxygens (including phenoxy) is 3. The molecule has 0 fully saturated rings. The first-order valence-electron chi connectivity index (χ1n) is 32.1. The Bertz CT molecular complexity index is 1270. The molecule has 0 amide bonds. The fraction of sp³-hybridized carbons (Fsp3) is 0.836. The van der Waals surface area contributed by atoms with Crippen molar-refractivity contribution in [2.75, 3.05) is 13.2 Å². The monoisotopic (exact) mass is 1020 g/mol. The van der Waals surface area contributed by atoms with E-state index in [4.69, 9.17) is 14.2 Å². The Morgan fingerprint density at radius 1 is 0.274 bits per heavy atom. The summed E-state index contributed by atoms with van der Waals surface area (Å²) in [4.78, 5) is 38.2. The molecular formula is C67H122O6. The van der Waals surface area contributed by atoms with Crippen LogP contribution in [0.4, 0.5) is 0 Å². The first-order chi connectivity index (χ1) is 36.0. The second kappa shape index (κ2) is 61.9. The van der Waals surface area contributed by atoms with E-state index in [1.807, 2.05) is 0 Å². The number of esters is 3. The standard InChI is InChI=1S/C67H122O6/c1-4-7-10-13-16-19-22-25-28-29-30-31-32-33-34-35-36-37-38-39-40-43-45-48-51-54-57-60-66(69)72-63-64(73-67(70)61-58-55-52-49-46-42-27-24-21-18-15-12-9-6-3)62-71-65(68)59-56-53-50-47-44-41-26-23-20-17-14-11-8-5-2/h15,18,23-24,26-27,29-30,64H,4-14,16-17,19-22,25,28,31-63H2,1-3H3/b18-15-,26-23-,27-24-,30-29-. The summed E-state index contributed by atoms with van der Waals surface area (Å²) in [6.07, 6.45) is 77.0. The highest BCUT2D eigenvalue weighted by atomic mass is 16.6. The summed E-state index contributed by atoms with van der Waals surface area (Å²) < 4.78 is 16.9. The summed E-state index contributed by atoms with van der Waals surface area (Å²) in [5, 5.41) is 0. The van der Waals surface area contributed by atoms with Gasteiger partial charge in [0.05, 0.1) is 0 Å². The number of rotatable bonds is 59.